The van der Waals surface area contributed by atoms with Gasteiger partial charge in [0, 0.05) is 5.41 Å². The molecular weight excluding hydrogens is 392 g/mol. The van der Waals surface area contributed by atoms with Gasteiger partial charge < -0.3 is 8.85 Å². The van der Waals surface area contributed by atoms with Crippen molar-refractivity contribution < 1.29 is 13.6 Å². The normalized spacial score (nSPS) is 34.4. The average Bonchev–Trinajstić information content (AvgIpc) is 2.83. The van der Waals surface area contributed by atoms with Gasteiger partial charge in [-0.1, -0.05) is 13.0 Å². The Bertz CT molecular complexity index is 807. The van der Waals surface area contributed by atoms with Gasteiger partial charge in [0.15, 0.2) is 14.1 Å². The summed E-state index contributed by atoms with van der Waals surface area (Å²) in [5.41, 5.74) is 2.82. The lowest BCUT2D eigenvalue weighted by Crippen LogP contribution is -2.43. The van der Waals surface area contributed by atoms with Crippen molar-refractivity contribution in [2.75, 3.05) is 0 Å². The van der Waals surface area contributed by atoms with Gasteiger partial charge in [0.25, 0.3) is 0 Å². The van der Waals surface area contributed by atoms with Crippen molar-refractivity contribution >= 4 is 22.4 Å². The third-order valence-electron chi connectivity index (χ3n) is 7.33. The van der Waals surface area contributed by atoms with Gasteiger partial charge in [-0.2, -0.15) is 0 Å². The van der Waals surface area contributed by atoms with Crippen molar-refractivity contribution in [3.8, 4) is 5.75 Å². The fourth-order valence-electron chi connectivity index (χ4n) is 6.27. The first kappa shape index (κ1) is 21.3. The second-order valence-corrected chi connectivity index (χ2v) is 20.7. The van der Waals surface area contributed by atoms with Gasteiger partial charge in [-0.25, -0.2) is 0 Å². The summed E-state index contributed by atoms with van der Waals surface area (Å²) in [5, 5.41) is 0. The predicted molar refractivity (Wildman–Crippen MR) is 124 cm³/mol. The van der Waals surface area contributed by atoms with E-state index < -0.39 is 16.6 Å². The average molecular weight is 431 g/mol. The molecule has 2 saturated carbocycles. The van der Waals surface area contributed by atoms with Crippen molar-refractivity contribution in [3.63, 3.8) is 0 Å². The highest BCUT2D eigenvalue weighted by Crippen LogP contribution is 2.60. The zero-order chi connectivity index (χ0) is 21.2. The number of carbonyl (C=O) groups excluding carboxylic acids is 1. The van der Waals surface area contributed by atoms with Crippen LogP contribution in [0.5, 0.6) is 5.75 Å². The van der Waals surface area contributed by atoms with Crippen LogP contribution in [0, 0.1) is 17.3 Å². The van der Waals surface area contributed by atoms with E-state index in [1.54, 1.807) is 0 Å². The first-order valence-electron chi connectivity index (χ1n) is 11.4. The molecule has 5 heteroatoms. The number of benzene rings is 1. The van der Waals surface area contributed by atoms with E-state index in [-0.39, 0.29) is 11.5 Å². The summed E-state index contributed by atoms with van der Waals surface area (Å²) in [7, 11) is -3.31. The van der Waals surface area contributed by atoms with Crippen molar-refractivity contribution in [1.29, 1.82) is 0 Å². The predicted octanol–water partition coefficient (Wildman–Crippen LogP) is 6.16. The summed E-state index contributed by atoms with van der Waals surface area (Å²) in [4.78, 5) is 13.3. The molecule has 0 bridgehead atoms. The van der Waals surface area contributed by atoms with E-state index in [9.17, 15) is 4.79 Å². The quantitative estimate of drug-likeness (QED) is 0.537. The number of Topliss-reactive ketones (excluding diaryl/α,β-unsaturated/α-hetero) is 1. The number of ketones is 1. The Morgan fingerprint density at radius 3 is 2.41 bits per heavy atom. The van der Waals surface area contributed by atoms with Gasteiger partial charge in [-0.05, 0) is 112 Å². The van der Waals surface area contributed by atoms with Crippen LogP contribution in [0.2, 0.25) is 39.3 Å². The minimum absolute atomic E-state index is 0.163. The van der Waals surface area contributed by atoms with Crippen LogP contribution in [0.4, 0.5) is 0 Å². The molecule has 0 amide bonds. The van der Waals surface area contributed by atoms with Gasteiger partial charge in [0.05, 0.1) is 0 Å². The van der Waals surface area contributed by atoms with Crippen LogP contribution in [-0.2, 0) is 15.6 Å². The maximum atomic E-state index is 13.3. The molecule has 0 N–H and O–H groups in total. The zero-order valence-electron chi connectivity index (χ0n) is 19.3. The highest BCUT2D eigenvalue weighted by atomic mass is 28.4. The summed E-state index contributed by atoms with van der Waals surface area (Å²) in [6, 6.07) is 6.82. The van der Waals surface area contributed by atoms with Gasteiger partial charge in [-0.3, -0.25) is 4.79 Å². The number of rotatable bonds is 4. The van der Waals surface area contributed by atoms with Gasteiger partial charge >= 0.3 is 0 Å². The lowest BCUT2D eigenvalue weighted by atomic mass is 9.55. The molecule has 3 aliphatic carbocycles. The molecule has 160 valence electrons. The minimum atomic E-state index is -1.72. The molecule has 0 spiro atoms. The highest BCUT2D eigenvalue weighted by Gasteiger charge is 2.58. The van der Waals surface area contributed by atoms with Crippen LogP contribution < -0.4 is 4.43 Å². The second kappa shape index (κ2) is 7.06. The highest BCUT2D eigenvalue weighted by molar-refractivity contribution is 6.70. The first-order chi connectivity index (χ1) is 13.4. The minimum Gasteiger partial charge on any atom is -0.544 e. The fraction of sp³-hybridized carbons (Fsp3) is 0.708. The van der Waals surface area contributed by atoms with Crippen LogP contribution in [0.3, 0.4) is 0 Å². The molecule has 0 saturated heterocycles. The smallest absolute Gasteiger partial charge is 0.242 e. The van der Waals surface area contributed by atoms with E-state index in [0.717, 1.165) is 31.4 Å². The van der Waals surface area contributed by atoms with E-state index in [4.69, 9.17) is 8.85 Å². The topological polar surface area (TPSA) is 35.5 Å². The monoisotopic (exact) mass is 430 g/mol. The summed E-state index contributed by atoms with van der Waals surface area (Å²) in [6.07, 6.45) is 5.22. The number of aryl methyl sites for hydroxylation is 1. The molecule has 3 nitrogen and oxygen atoms in total. The van der Waals surface area contributed by atoms with Gasteiger partial charge in [0.2, 0.25) is 8.32 Å². The molecule has 2 fully saturated rings. The van der Waals surface area contributed by atoms with E-state index in [1.807, 2.05) is 0 Å². The first-order valence-corrected chi connectivity index (χ1v) is 18.2. The molecule has 29 heavy (non-hydrogen) atoms. The molecule has 0 radical (unpaired) electrons. The Hall–Kier alpha value is -0.916. The standard InChI is InChI=1S/C24H38O3Si2/c1-24-13-12-19-18-11-9-17(26-28(2,3)4)14-16(18)8-10-20(19)21(24)15-22(23(24)25)27-29(5,6)7/h9,11,14,19-22H,8,10,12-13,15H2,1-7H3/t19-,20-,21+,22+,24+/m1/s1. The summed E-state index contributed by atoms with van der Waals surface area (Å²) >= 11 is 0. The molecule has 0 heterocycles. The molecule has 0 aromatic heterocycles. The van der Waals surface area contributed by atoms with Crippen LogP contribution in [-0.4, -0.2) is 28.5 Å². The van der Waals surface area contributed by atoms with Crippen LogP contribution in [0.25, 0.3) is 0 Å². The Labute approximate surface area is 178 Å². The number of hydrogen-bond donors (Lipinski definition) is 0. The Morgan fingerprint density at radius 2 is 1.76 bits per heavy atom. The molecule has 4 rings (SSSR count). The lowest BCUT2D eigenvalue weighted by Gasteiger charge is -2.48. The van der Waals surface area contributed by atoms with Crippen molar-refractivity contribution in [1.82, 2.24) is 0 Å². The number of fused-ring (bicyclic) bond motifs is 5. The second-order valence-electron chi connectivity index (χ2n) is 11.8. The Morgan fingerprint density at radius 1 is 1.03 bits per heavy atom. The molecule has 1 aromatic rings. The largest absolute Gasteiger partial charge is 0.544 e. The SMILES string of the molecule is C[C@]12CC[C@@H]3c4ccc(O[Si](C)(C)C)cc4CC[C@H]3[C@@H]1C[C@H](O[Si](C)(C)C)C2=O. The fourth-order valence-corrected chi connectivity index (χ4v) is 8.16. The molecule has 1 aromatic carbocycles. The van der Waals surface area contributed by atoms with Gasteiger partial charge in [-0.15, -0.1) is 0 Å². The third-order valence-corrected chi connectivity index (χ3v) is 9.17. The maximum absolute atomic E-state index is 13.3. The number of hydrogen-bond acceptors (Lipinski definition) is 3. The molecule has 0 unspecified atom stereocenters. The van der Waals surface area contributed by atoms with Crippen molar-refractivity contribution in [2.45, 2.75) is 90.3 Å². The maximum Gasteiger partial charge on any atom is 0.242 e. The molecule has 5 atom stereocenters. The molecule has 0 aliphatic heterocycles. The van der Waals surface area contributed by atoms with E-state index in [2.05, 4.69) is 64.4 Å². The molecular formula is C24H38O3Si2. The van der Waals surface area contributed by atoms with Crippen LogP contribution in [0.15, 0.2) is 18.2 Å². The van der Waals surface area contributed by atoms with Gasteiger partial charge in [0.1, 0.15) is 11.9 Å². The molecule has 3 aliphatic rings. The summed E-state index contributed by atoms with van der Waals surface area (Å²) < 4.78 is 12.6. The van der Waals surface area contributed by atoms with E-state index >= 15 is 0 Å². The Balaban J connectivity index is 1.58. The van der Waals surface area contributed by atoms with E-state index in [0.29, 0.717) is 23.5 Å². The Kier molecular flexibility index (Phi) is 5.19. The van der Waals surface area contributed by atoms with E-state index in [1.165, 1.54) is 17.5 Å². The van der Waals surface area contributed by atoms with Crippen molar-refractivity contribution in [3.05, 3.63) is 29.3 Å². The number of carbonyl (C=O) groups is 1. The lowest BCUT2D eigenvalue weighted by molar-refractivity contribution is -0.134. The summed E-state index contributed by atoms with van der Waals surface area (Å²) in [5.74, 6) is 3.12. The van der Waals surface area contributed by atoms with Crippen LogP contribution in [0.1, 0.15) is 49.7 Å². The zero-order valence-corrected chi connectivity index (χ0v) is 21.3. The van der Waals surface area contributed by atoms with Crippen LogP contribution >= 0.6 is 0 Å². The third kappa shape index (κ3) is 4.02. The summed E-state index contributed by atoms with van der Waals surface area (Å²) in [6.45, 7) is 15.5. The van der Waals surface area contributed by atoms with Crippen molar-refractivity contribution in [2.24, 2.45) is 17.3 Å².